The van der Waals surface area contributed by atoms with Crippen molar-refractivity contribution in [2.24, 2.45) is 11.3 Å². The lowest BCUT2D eigenvalue weighted by Crippen LogP contribution is -2.28. The zero-order valence-corrected chi connectivity index (χ0v) is 11.2. The second-order valence-corrected chi connectivity index (χ2v) is 5.92. The van der Waals surface area contributed by atoms with Gasteiger partial charge in [-0.1, -0.05) is 12.8 Å². The number of aliphatic hydroxyl groups excluding tert-OH is 1. The van der Waals surface area contributed by atoms with E-state index in [4.69, 9.17) is 5.26 Å². The quantitative estimate of drug-likeness (QED) is 0.670. The summed E-state index contributed by atoms with van der Waals surface area (Å²) in [6, 6.07) is 2.33. The summed E-state index contributed by atoms with van der Waals surface area (Å²) in [6.07, 6.45) is 6.41. The van der Waals surface area contributed by atoms with Crippen LogP contribution in [0.2, 0.25) is 0 Å². The fraction of sp³-hybridized carbons (Fsp3) is 0.929. The molecule has 0 aromatic carbocycles. The maximum Gasteiger partial charge on any atom is 0.0683 e. The number of nitrogens with one attached hydrogen (secondary N) is 1. The molecular weight excluding hydrogens is 212 g/mol. The number of hydrogen-bond donors (Lipinski definition) is 2. The fourth-order valence-electron chi connectivity index (χ4n) is 2.42. The summed E-state index contributed by atoms with van der Waals surface area (Å²) in [4.78, 5) is 0. The zero-order valence-electron chi connectivity index (χ0n) is 11.2. The van der Waals surface area contributed by atoms with Crippen LogP contribution in [0.4, 0.5) is 0 Å². The maximum atomic E-state index is 9.65. The molecular formula is C14H26N2O. The lowest BCUT2D eigenvalue weighted by Gasteiger charge is -2.16. The summed E-state index contributed by atoms with van der Waals surface area (Å²) >= 11 is 0. The molecule has 1 rings (SSSR count). The SMILES string of the molecule is CC(C)(C#N)CCCCNCC1CCCC1O. The number of nitriles is 1. The van der Waals surface area contributed by atoms with Crippen LogP contribution in [0, 0.1) is 22.7 Å². The predicted octanol–water partition coefficient (Wildman–Crippen LogP) is 2.46. The molecule has 0 heterocycles. The smallest absolute Gasteiger partial charge is 0.0683 e. The van der Waals surface area contributed by atoms with Crippen LogP contribution in [-0.2, 0) is 0 Å². The predicted molar refractivity (Wildman–Crippen MR) is 69.5 cm³/mol. The number of rotatable bonds is 7. The van der Waals surface area contributed by atoms with Crippen LogP contribution >= 0.6 is 0 Å². The van der Waals surface area contributed by atoms with Crippen molar-refractivity contribution in [3.63, 3.8) is 0 Å². The van der Waals surface area contributed by atoms with Crippen LogP contribution in [0.3, 0.4) is 0 Å². The molecule has 3 heteroatoms. The van der Waals surface area contributed by atoms with Gasteiger partial charge in [0.1, 0.15) is 0 Å². The third kappa shape index (κ3) is 5.52. The van der Waals surface area contributed by atoms with E-state index in [-0.39, 0.29) is 11.5 Å². The van der Waals surface area contributed by atoms with Crippen molar-refractivity contribution >= 4 is 0 Å². The highest BCUT2D eigenvalue weighted by Crippen LogP contribution is 2.24. The number of aliphatic hydroxyl groups is 1. The van der Waals surface area contributed by atoms with Gasteiger partial charge in [0.2, 0.25) is 0 Å². The molecule has 2 N–H and O–H groups in total. The lowest BCUT2D eigenvalue weighted by molar-refractivity contribution is 0.131. The Balaban J connectivity index is 1.96. The van der Waals surface area contributed by atoms with Crippen molar-refractivity contribution in [3.8, 4) is 6.07 Å². The van der Waals surface area contributed by atoms with Crippen LogP contribution in [-0.4, -0.2) is 24.3 Å². The highest BCUT2D eigenvalue weighted by Gasteiger charge is 2.24. The Morgan fingerprint density at radius 2 is 2.12 bits per heavy atom. The zero-order chi connectivity index (χ0) is 12.7. The Labute approximate surface area is 105 Å². The van der Waals surface area contributed by atoms with E-state index in [0.29, 0.717) is 5.92 Å². The van der Waals surface area contributed by atoms with Gasteiger partial charge >= 0.3 is 0 Å². The van der Waals surface area contributed by atoms with Gasteiger partial charge in [-0.05, 0) is 52.0 Å². The molecule has 0 radical (unpaired) electrons. The van der Waals surface area contributed by atoms with Gasteiger partial charge in [-0.2, -0.15) is 5.26 Å². The second kappa shape index (κ2) is 6.98. The van der Waals surface area contributed by atoms with E-state index in [1.54, 1.807) is 0 Å². The molecule has 0 spiro atoms. The Morgan fingerprint density at radius 3 is 2.71 bits per heavy atom. The van der Waals surface area contributed by atoms with E-state index in [1.807, 2.05) is 13.8 Å². The monoisotopic (exact) mass is 238 g/mol. The molecule has 2 atom stereocenters. The molecule has 17 heavy (non-hydrogen) atoms. The first kappa shape index (κ1) is 14.5. The Hall–Kier alpha value is -0.590. The molecule has 0 aliphatic heterocycles. The van der Waals surface area contributed by atoms with Crippen molar-refractivity contribution in [2.45, 2.75) is 58.5 Å². The highest BCUT2D eigenvalue weighted by atomic mass is 16.3. The minimum atomic E-state index is -0.179. The summed E-state index contributed by atoms with van der Waals surface area (Å²) in [5.41, 5.74) is -0.179. The average molecular weight is 238 g/mol. The molecule has 1 saturated carbocycles. The van der Waals surface area contributed by atoms with Crippen molar-refractivity contribution in [1.82, 2.24) is 5.32 Å². The molecule has 0 amide bonds. The van der Waals surface area contributed by atoms with E-state index < -0.39 is 0 Å². The summed E-state index contributed by atoms with van der Waals surface area (Å²) in [5.74, 6) is 0.463. The Kier molecular flexibility index (Phi) is 5.94. The van der Waals surface area contributed by atoms with Gasteiger partial charge in [0.15, 0.2) is 0 Å². The van der Waals surface area contributed by atoms with Crippen molar-refractivity contribution in [2.75, 3.05) is 13.1 Å². The molecule has 1 fully saturated rings. The van der Waals surface area contributed by atoms with Crippen molar-refractivity contribution in [3.05, 3.63) is 0 Å². The molecule has 0 bridgehead atoms. The number of unbranched alkanes of at least 4 members (excludes halogenated alkanes) is 1. The second-order valence-electron chi connectivity index (χ2n) is 5.92. The molecule has 0 saturated heterocycles. The van der Waals surface area contributed by atoms with Gasteiger partial charge in [0.05, 0.1) is 17.6 Å². The maximum absolute atomic E-state index is 9.65. The third-order valence-corrected chi connectivity index (χ3v) is 3.73. The number of hydrogen-bond acceptors (Lipinski definition) is 3. The summed E-state index contributed by atoms with van der Waals surface area (Å²) in [6.45, 7) is 5.94. The largest absolute Gasteiger partial charge is 0.393 e. The fourth-order valence-corrected chi connectivity index (χ4v) is 2.42. The highest BCUT2D eigenvalue weighted by molar-refractivity contribution is 4.91. The van der Waals surface area contributed by atoms with E-state index >= 15 is 0 Å². The first-order valence-electron chi connectivity index (χ1n) is 6.85. The van der Waals surface area contributed by atoms with Crippen LogP contribution in [0.5, 0.6) is 0 Å². The van der Waals surface area contributed by atoms with E-state index in [1.165, 1.54) is 6.42 Å². The van der Waals surface area contributed by atoms with Crippen LogP contribution < -0.4 is 5.32 Å². The van der Waals surface area contributed by atoms with E-state index in [0.717, 1.165) is 45.2 Å². The minimum absolute atomic E-state index is 0.0833. The molecule has 98 valence electrons. The van der Waals surface area contributed by atoms with Gasteiger partial charge in [0.25, 0.3) is 0 Å². The Bertz CT molecular complexity index is 257. The normalized spacial score (nSPS) is 24.8. The van der Waals surface area contributed by atoms with Gasteiger partial charge in [-0.3, -0.25) is 0 Å². The molecule has 1 aliphatic carbocycles. The molecule has 3 nitrogen and oxygen atoms in total. The first-order chi connectivity index (χ1) is 8.05. The standard InChI is InChI=1S/C14H26N2O/c1-14(2,11-15)8-3-4-9-16-10-12-6-5-7-13(12)17/h12-13,16-17H,3-10H2,1-2H3. The first-order valence-corrected chi connectivity index (χ1v) is 6.85. The molecule has 0 aromatic rings. The topological polar surface area (TPSA) is 56.0 Å². The van der Waals surface area contributed by atoms with Crippen LogP contribution in [0.15, 0.2) is 0 Å². The summed E-state index contributed by atoms with van der Waals surface area (Å²) in [5, 5.41) is 21.9. The van der Waals surface area contributed by atoms with Gasteiger partial charge in [-0.15, -0.1) is 0 Å². The molecule has 0 aromatic heterocycles. The van der Waals surface area contributed by atoms with Gasteiger partial charge in [0, 0.05) is 6.54 Å². The molecule has 1 aliphatic rings. The summed E-state index contributed by atoms with van der Waals surface area (Å²) in [7, 11) is 0. The lowest BCUT2D eigenvalue weighted by atomic mass is 9.89. The van der Waals surface area contributed by atoms with Crippen LogP contribution in [0.25, 0.3) is 0 Å². The van der Waals surface area contributed by atoms with E-state index in [2.05, 4.69) is 11.4 Å². The van der Waals surface area contributed by atoms with Crippen molar-refractivity contribution < 1.29 is 5.11 Å². The average Bonchev–Trinajstić information content (AvgIpc) is 2.69. The summed E-state index contributed by atoms with van der Waals surface area (Å²) < 4.78 is 0. The van der Waals surface area contributed by atoms with Gasteiger partial charge < -0.3 is 10.4 Å². The Morgan fingerprint density at radius 1 is 1.35 bits per heavy atom. The van der Waals surface area contributed by atoms with Crippen molar-refractivity contribution in [1.29, 1.82) is 5.26 Å². The minimum Gasteiger partial charge on any atom is -0.393 e. The van der Waals surface area contributed by atoms with E-state index in [9.17, 15) is 5.11 Å². The molecule has 2 unspecified atom stereocenters. The number of nitrogens with zero attached hydrogens (tertiary/aromatic N) is 1. The third-order valence-electron chi connectivity index (χ3n) is 3.73. The van der Waals surface area contributed by atoms with Crippen LogP contribution in [0.1, 0.15) is 52.4 Å². The van der Waals surface area contributed by atoms with Gasteiger partial charge in [-0.25, -0.2) is 0 Å².